The second-order valence-corrected chi connectivity index (χ2v) is 5.65. The van der Waals surface area contributed by atoms with Crippen LogP contribution in [-0.4, -0.2) is 42.9 Å². The normalized spacial score (nSPS) is 27.6. The van der Waals surface area contributed by atoms with E-state index in [0.717, 1.165) is 5.56 Å². The maximum atomic E-state index is 11.5. The van der Waals surface area contributed by atoms with E-state index in [4.69, 9.17) is 14.3 Å². The van der Waals surface area contributed by atoms with E-state index >= 15 is 0 Å². The third kappa shape index (κ3) is 3.38. The Morgan fingerprint density at radius 3 is 2.95 bits per heavy atom. The van der Waals surface area contributed by atoms with E-state index in [2.05, 4.69) is 6.58 Å². The highest BCUT2D eigenvalue weighted by Gasteiger charge is 2.49. The number of benzene rings is 1. The Kier molecular flexibility index (Phi) is 4.87. The fourth-order valence-electron chi connectivity index (χ4n) is 3.09. The van der Waals surface area contributed by atoms with Crippen molar-refractivity contribution in [3.05, 3.63) is 48.6 Å². The van der Waals surface area contributed by atoms with Crippen molar-refractivity contribution in [2.24, 2.45) is 5.92 Å². The smallest absolute Gasteiger partial charge is 0.306 e. The highest BCUT2D eigenvalue weighted by Crippen LogP contribution is 2.35. The minimum absolute atomic E-state index is 0.0418. The molecule has 0 spiro atoms. The zero-order valence-electron chi connectivity index (χ0n) is 12.5. The number of carbonyl (C=O) groups excluding carboxylic acids is 1. The molecule has 0 radical (unpaired) electrons. The molecule has 2 aliphatic heterocycles. The SMILES string of the molecule is C=CCON1C[C@@H]2OC(=O)C[C@@H]2[C@H]1COCc1ccccc1. The average Bonchev–Trinajstić information content (AvgIpc) is 3.03. The lowest BCUT2D eigenvalue weighted by atomic mass is 9.98. The molecule has 1 aromatic rings. The van der Waals surface area contributed by atoms with E-state index in [-0.39, 0.29) is 24.0 Å². The first-order chi connectivity index (χ1) is 10.8. The second kappa shape index (κ2) is 7.05. The fraction of sp³-hybridized carbons (Fsp3) is 0.471. The summed E-state index contributed by atoms with van der Waals surface area (Å²) in [6.45, 7) is 5.78. The van der Waals surface area contributed by atoms with Crippen molar-refractivity contribution in [1.29, 1.82) is 0 Å². The molecule has 0 bridgehead atoms. The van der Waals surface area contributed by atoms with Crippen LogP contribution in [0, 0.1) is 5.92 Å². The summed E-state index contributed by atoms with van der Waals surface area (Å²) < 4.78 is 11.2. The summed E-state index contributed by atoms with van der Waals surface area (Å²) in [5.74, 6) is 0.0273. The highest BCUT2D eigenvalue weighted by atomic mass is 16.7. The van der Waals surface area contributed by atoms with Gasteiger partial charge in [0.2, 0.25) is 0 Å². The van der Waals surface area contributed by atoms with Gasteiger partial charge in [-0.25, -0.2) is 0 Å². The molecule has 0 saturated carbocycles. The van der Waals surface area contributed by atoms with Crippen LogP contribution >= 0.6 is 0 Å². The van der Waals surface area contributed by atoms with Gasteiger partial charge in [0, 0.05) is 5.92 Å². The Hall–Kier alpha value is -1.69. The minimum Gasteiger partial charge on any atom is -0.461 e. The van der Waals surface area contributed by atoms with Crippen LogP contribution in [0.25, 0.3) is 0 Å². The van der Waals surface area contributed by atoms with Crippen molar-refractivity contribution in [1.82, 2.24) is 5.06 Å². The second-order valence-electron chi connectivity index (χ2n) is 5.65. The Labute approximate surface area is 130 Å². The topological polar surface area (TPSA) is 48.0 Å². The third-order valence-electron chi connectivity index (χ3n) is 4.15. The lowest BCUT2D eigenvalue weighted by Gasteiger charge is -2.25. The number of esters is 1. The zero-order valence-corrected chi connectivity index (χ0v) is 12.5. The first-order valence-electron chi connectivity index (χ1n) is 7.59. The Morgan fingerprint density at radius 1 is 1.36 bits per heavy atom. The maximum Gasteiger partial charge on any atom is 0.306 e. The molecule has 0 N–H and O–H groups in total. The van der Waals surface area contributed by atoms with Gasteiger partial charge in [-0.1, -0.05) is 36.4 Å². The van der Waals surface area contributed by atoms with Crippen LogP contribution in [0.4, 0.5) is 0 Å². The number of hydroxylamine groups is 2. The van der Waals surface area contributed by atoms with E-state index in [9.17, 15) is 4.79 Å². The molecule has 2 fully saturated rings. The van der Waals surface area contributed by atoms with Crippen molar-refractivity contribution in [2.45, 2.75) is 25.2 Å². The predicted octanol–water partition coefficient (Wildman–Crippen LogP) is 1.94. The molecule has 5 heteroatoms. The summed E-state index contributed by atoms with van der Waals surface area (Å²) in [7, 11) is 0. The Morgan fingerprint density at radius 2 is 2.18 bits per heavy atom. The fourth-order valence-corrected chi connectivity index (χ4v) is 3.09. The summed E-state index contributed by atoms with van der Waals surface area (Å²) in [6, 6.07) is 10.1. The van der Waals surface area contributed by atoms with Crippen LogP contribution in [-0.2, 0) is 25.7 Å². The van der Waals surface area contributed by atoms with Gasteiger partial charge in [-0.2, -0.15) is 5.06 Å². The Bertz CT molecular complexity index is 519. The van der Waals surface area contributed by atoms with Gasteiger partial charge in [0.1, 0.15) is 6.10 Å². The van der Waals surface area contributed by atoms with Crippen molar-refractivity contribution in [2.75, 3.05) is 19.8 Å². The van der Waals surface area contributed by atoms with Gasteiger partial charge >= 0.3 is 5.97 Å². The molecule has 2 saturated heterocycles. The zero-order chi connectivity index (χ0) is 15.4. The standard InChI is InChI=1S/C17H21NO4/c1-2-8-21-18-10-16-14(9-17(19)22-16)15(18)12-20-11-13-6-4-3-5-7-13/h2-7,14-16H,1,8-12H2/t14-,15-,16+/m1/s1. The highest BCUT2D eigenvalue weighted by molar-refractivity contribution is 5.72. The number of nitrogens with zero attached hydrogens (tertiary/aromatic N) is 1. The largest absolute Gasteiger partial charge is 0.461 e. The third-order valence-corrected chi connectivity index (χ3v) is 4.15. The lowest BCUT2D eigenvalue weighted by Crippen LogP contribution is -2.37. The van der Waals surface area contributed by atoms with Crippen LogP contribution in [0.1, 0.15) is 12.0 Å². The number of rotatable bonds is 7. The quantitative estimate of drug-likeness (QED) is 0.569. The first-order valence-corrected chi connectivity index (χ1v) is 7.59. The number of hydrogen-bond donors (Lipinski definition) is 0. The number of carbonyl (C=O) groups is 1. The van der Waals surface area contributed by atoms with Gasteiger partial charge in [0.05, 0.1) is 38.8 Å². The van der Waals surface area contributed by atoms with Gasteiger partial charge < -0.3 is 9.47 Å². The summed E-state index contributed by atoms with van der Waals surface area (Å²) >= 11 is 0. The summed E-state index contributed by atoms with van der Waals surface area (Å²) in [4.78, 5) is 17.2. The van der Waals surface area contributed by atoms with Gasteiger partial charge in [-0.3, -0.25) is 9.63 Å². The molecule has 22 heavy (non-hydrogen) atoms. The van der Waals surface area contributed by atoms with Crippen LogP contribution in [0.2, 0.25) is 0 Å². The minimum atomic E-state index is -0.119. The molecule has 0 unspecified atom stereocenters. The first kappa shape index (κ1) is 15.2. The number of ether oxygens (including phenoxy) is 2. The van der Waals surface area contributed by atoms with Gasteiger partial charge in [0.15, 0.2) is 0 Å². The molecule has 2 aliphatic rings. The van der Waals surface area contributed by atoms with Crippen molar-refractivity contribution in [3.8, 4) is 0 Å². The molecule has 118 valence electrons. The summed E-state index contributed by atoms with van der Waals surface area (Å²) in [6.07, 6.45) is 2.07. The van der Waals surface area contributed by atoms with Crippen molar-refractivity contribution in [3.63, 3.8) is 0 Å². The number of fused-ring (bicyclic) bond motifs is 1. The summed E-state index contributed by atoms with van der Waals surface area (Å²) in [5.41, 5.74) is 1.13. The average molecular weight is 303 g/mol. The maximum absolute atomic E-state index is 11.5. The van der Waals surface area contributed by atoms with Crippen molar-refractivity contribution < 1.29 is 19.1 Å². The van der Waals surface area contributed by atoms with Crippen LogP contribution in [0.3, 0.4) is 0 Å². The Balaban J connectivity index is 1.57. The van der Waals surface area contributed by atoms with E-state index in [0.29, 0.717) is 32.8 Å². The van der Waals surface area contributed by atoms with Crippen LogP contribution in [0.15, 0.2) is 43.0 Å². The molecule has 5 nitrogen and oxygen atoms in total. The molecule has 1 aromatic carbocycles. The predicted molar refractivity (Wildman–Crippen MR) is 80.7 cm³/mol. The number of hydrogen-bond acceptors (Lipinski definition) is 5. The van der Waals surface area contributed by atoms with E-state index < -0.39 is 0 Å². The molecule has 3 rings (SSSR count). The molecule has 2 heterocycles. The monoisotopic (exact) mass is 303 g/mol. The lowest BCUT2D eigenvalue weighted by molar-refractivity contribution is -0.181. The van der Waals surface area contributed by atoms with Gasteiger partial charge in [0.25, 0.3) is 0 Å². The molecule has 0 amide bonds. The van der Waals surface area contributed by atoms with Crippen molar-refractivity contribution >= 4 is 5.97 Å². The molecular formula is C17H21NO4. The van der Waals surface area contributed by atoms with Gasteiger partial charge in [-0.15, -0.1) is 6.58 Å². The molecular weight excluding hydrogens is 282 g/mol. The van der Waals surface area contributed by atoms with Crippen LogP contribution in [0.5, 0.6) is 0 Å². The molecule has 0 aromatic heterocycles. The molecule has 0 aliphatic carbocycles. The van der Waals surface area contributed by atoms with Gasteiger partial charge in [-0.05, 0) is 5.56 Å². The van der Waals surface area contributed by atoms with E-state index in [1.807, 2.05) is 35.4 Å². The van der Waals surface area contributed by atoms with E-state index in [1.165, 1.54) is 0 Å². The van der Waals surface area contributed by atoms with Crippen LogP contribution < -0.4 is 0 Å². The molecule has 3 atom stereocenters. The van der Waals surface area contributed by atoms with E-state index in [1.54, 1.807) is 6.08 Å². The summed E-state index contributed by atoms with van der Waals surface area (Å²) in [5, 5.41) is 1.88.